The molecule has 1 unspecified atom stereocenters. The Bertz CT molecular complexity index is 1040. The predicted molar refractivity (Wildman–Crippen MR) is 134 cm³/mol. The molecule has 0 saturated heterocycles. The highest BCUT2D eigenvalue weighted by molar-refractivity contribution is 7.86. The summed E-state index contributed by atoms with van der Waals surface area (Å²) in [5.41, 5.74) is -1.20. The van der Waals surface area contributed by atoms with Gasteiger partial charge in [-0.1, -0.05) is 13.8 Å². The Balaban J connectivity index is 1.93. The molecule has 192 valence electrons. The molecule has 0 amide bonds. The molecule has 1 heterocycles. The summed E-state index contributed by atoms with van der Waals surface area (Å²) in [5.74, 6) is -0.656. The number of nitrogens with zero attached hydrogens (tertiary/aromatic N) is 2. The minimum Gasteiger partial charge on any atom is -0.488 e. The van der Waals surface area contributed by atoms with Gasteiger partial charge in [-0.2, -0.15) is 0 Å². The number of rotatable bonds is 11. The summed E-state index contributed by atoms with van der Waals surface area (Å²) >= 11 is 0. The Hall–Kier alpha value is -3.01. The fourth-order valence-electron chi connectivity index (χ4n) is 3.69. The van der Waals surface area contributed by atoms with Crippen LogP contribution in [-0.2, 0) is 20.5 Å². The average Bonchev–Trinajstić information content (AvgIpc) is 2.71. The van der Waals surface area contributed by atoms with Crippen molar-refractivity contribution in [3.8, 4) is 5.75 Å². The Morgan fingerprint density at radius 2 is 1.57 bits per heavy atom. The SMILES string of the molecule is CC(C)(CCC(=O)OC(C)(C)C)CC(C)(C)Oc1ccc(S(=O)Nc2ncc(C(=O)O)cn2)cc1. The molecule has 1 atom stereocenters. The number of hydrogen-bond acceptors (Lipinski definition) is 7. The van der Waals surface area contributed by atoms with Gasteiger partial charge < -0.3 is 14.6 Å². The topological polar surface area (TPSA) is 128 Å². The van der Waals surface area contributed by atoms with Crippen LogP contribution in [0.3, 0.4) is 0 Å². The standard InChI is InChI=1S/C25H35N3O6S/c1-23(2,3)34-20(29)12-13-24(4,5)16-25(6,7)33-18-8-10-19(11-9-18)35(32)28-22-26-14-17(15-27-22)21(30)31/h8-11,14-15H,12-13,16H2,1-7H3,(H,30,31)(H,26,27,28). The third-order valence-corrected chi connectivity index (χ3v) is 5.91. The highest BCUT2D eigenvalue weighted by Gasteiger charge is 2.31. The number of esters is 1. The van der Waals surface area contributed by atoms with Crippen molar-refractivity contribution in [1.82, 2.24) is 9.97 Å². The number of aromatic carboxylic acids is 1. The Morgan fingerprint density at radius 3 is 2.09 bits per heavy atom. The first-order valence-electron chi connectivity index (χ1n) is 11.3. The molecule has 0 saturated carbocycles. The van der Waals surface area contributed by atoms with E-state index >= 15 is 0 Å². The largest absolute Gasteiger partial charge is 0.488 e. The number of nitrogens with one attached hydrogen (secondary N) is 1. The highest BCUT2D eigenvalue weighted by atomic mass is 32.2. The maximum atomic E-state index is 12.6. The molecule has 2 rings (SSSR count). The summed E-state index contributed by atoms with van der Waals surface area (Å²) in [4.78, 5) is 31.2. The first kappa shape index (κ1) is 28.2. The van der Waals surface area contributed by atoms with Crippen LogP contribution in [0.15, 0.2) is 41.6 Å². The van der Waals surface area contributed by atoms with Gasteiger partial charge in [0.2, 0.25) is 5.95 Å². The summed E-state index contributed by atoms with van der Waals surface area (Å²) in [5, 5.41) is 8.90. The van der Waals surface area contributed by atoms with Crippen LogP contribution >= 0.6 is 0 Å². The minimum atomic E-state index is -1.64. The molecule has 1 aromatic carbocycles. The van der Waals surface area contributed by atoms with E-state index in [1.54, 1.807) is 24.3 Å². The van der Waals surface area contributed by atoms with Gasteiger partial charge in [-0.05, 0) is 77.1 Å². The lowest BCUT2D eigenvalue weighted by Gasteiger charge is -2.35. The molecule has 9 nitrogen and oxygen atoms in total. The number of carboxylic acids is 1. The minimum absolute atomic E-state index is 0.0570. The zero-order chi connectivity index (χ0) is 26.4. The fourth-order valence-corrected chi connectivity index (χ4v) is 4.47. The van der Waals surface area contributed by atoms with Crippen LogP contribution in [0.4, 0.5) is 5.95 Å². The van der Waals surface area contributed by atoms with Gasteiger partial charge in [-0.25, -0.2) is 19.0 Å². The van der Waals surface area contributed by atoms with Crippen LogP contribution in [0, 0.1) is 5.41 Å². The van der Waals surface area contributed by atoms with Crippen molar-refractivity contribution in [3.63, 3.8) is 0 Å². The van der Waals surface area contributed by atoms with Gasteiger partial charge >= 0.3 is 11.9 Å². The second-order valence-corrected chi connectivity index (χ2v) is 11.9. The molecular formula is C25H35N3O6S. The van der Waals surface area contributed by atoms with Gasteiger partial charge in [0.25, 0.3) is 0 Å². The monoisotopic (exact) mass is 505 g/mol. The number of benzene rings is 1. The van der Waals surface area contributed by atoms with Gasteiger partial charge in [0.15, 0.2) is 11.0 Å². The molecule has 0 radical (unpaired) electrons. The van der Waals surface area contributed by atoms with Crippen LogP contribution in [0.5, 0.6) is 5.75 Å². The molecule has 0 spiro atoms. The summed E-state index contributed by atoms with van der Waals surface area (Å²) in [6, 6.07) is 6.82. The molecule has 0 aliphatic carbocycles. The quantitative estimate of drug-likeness (QED) is 0.408. The Morgan fingerprint density at radius 1 is 1.00 bits per heavy atom. The van der Waals surface area contributed by atoms with E-state index in [1.807, 2.05) is 34.6 Å². The molecule has 35 heavy (non-hydrogen) atoms. The summed E-state index contributed by atoms with van der Waals surface area (Å²) in [6.45, 7) is 13.8. The van der Waals surface area contributed by atoms with Gasteiger partial charge in [0, 0.05) is 18.8 Å². The normalized spacial score (nSPS) is 13.1. The van der Waals surface area contributed by atoms with E-state index in [1.165, 1.54) is 0 Å². The van der Waals surface area contributed by atoms with E-state index in [2.05, 4.69) is 28.5 Å². The highest BCUT2D eigenvalue weighted by Crippen LogP contribution is 2.35. The van der Waals surface area contributed by atoms with Crippen LogP contribution < -0.4 is 9.46 Å². The Labute approximate surface area is 209 Å². The second kappa shape index (κ2) is 11.2. The molecule has 0 fully saturated rings. The van der Waals surface area contributed by atoms with E-state index in [-0.39, 0.29) is 22.9 Å². The van der Waals surface area contributed by atoms with E-state index < -0.39 is 28.2 Å². The van der Waals surface area contributed by atoms with E-state index in [0.29, 0.717) is 29.9 Å². The number of carbonyl (C=O) groups is 2. The van der Waals surface area contributed by atoms with Gasteiger partial charge in [0.1, 0.15) is 17.0 Å². The van der Waals surface area contributed by atoms with Crippen molar-refractivity contribution in [3.05, 3.63) is 42.2 Å². The van der Waals surface area contributed by atoms with Gasteiger partial charge in [-0.3, -0.25) is 9.52 Å². The maximum absolute atomic E-state index is 12.6. The fraction of sp³-hybridized carbons (Fsp3) is 0.520. The molecule has 0 aliphatic rings. The molecule has 10 heteroatoms. The maximum Gasteiger partial charge on any atom is 0.338 e. The third kappa shape index (κ3) is 10.0. The first-order valence-corrected chi connectivity index (χ1v) is 12.4. The number of anilines is 1. The van der Waals surface area contributed by atoms with Crippen molar-refractivity contribution in [1.29, 1.82) is 0 Å². The van der Waals surface area contributed by atoms with Crippen LogP contribution in [-0.4, -0.2) is 42.4 Å². The summed E-state index contributed by atoms with van der Waals surface area (Å²) in [6.07, 6.45) is 4.01. The number of ether oxygens (including phenoxy) is 2. The second-order valence-electron chi connectivity index (χ2n) is 10.7. The van der Waals surface area contributed by atoms with Crippen molar-refractivity contribution in [2.24, 2.45) is 5.41 Å². The molecule has 2 aromatic rings. The predicted octanol–water partition coefficient (Wildman–Crippen LogP) is 5.01. The zero-order valence-corrected chi connectivity index (χ0v) is 22.2. The summed E-state index contributed by atoms with van der Waals surface area (Å²) < 4.78 is 26.8. The number of carbonyl (C=O) groups excluding carboxylic acids is 1. The Kier molecular flexibility index (Phi) is 9.00. The van der Waals surface area contributed by atoms with Gasteiger partial charge in [-0.15, -0.1) is 0 Å². The molecule has 1 aromatic heterocycles. The number of hydrogen-bond donors (Lipinski definition) is 2. The van der Waals surface area contributed by atoms with Crippen molar-refractivity contribution >= 4 is 28.9 Å². The smallest absolute Gasteiger partial charge is 0.338 e. The van der Waals surface area contributed by atoms with Crippen LogP contribution in [0.1, 0.15) is 78.1 Å². The van der Waals surface area contributed by atoms with E-state index in [4.69, 9.17) is 14.6 Å². The van der Waals surface area contributed by atoms with Crippen molar-refractivity contribution in [2.45, 2.75) is 83.8 Å². The third-order valence-electron chi connectivity index (χ3n) is 4.84. The van der Waals surface area contributed by atoms with Crippen LogP contribution in [0.2, 0.25) is 0 Å². The zero-order valence-electron chi connectivity index (χ0n) is 21.4. The summed E-state index contributed by atoms with van der Waals surface area (Å²) in [7, 11) is -1.64. The average molecular weight is 506 g/mol. The number of carboxylic acid groups (broad SMARTS) is 1. The molecular weight excluding hydrogens is 470 g/mol. The number of aromatic nitrogens is 2. The van der Waals surface area contributed by atoms with Crippen molar-refractivity contribution < 1.29 is 28.4 Å². The lowest BCUT2D eigenvalue weighted by Crippen LogP contribution is -2.35. The lowest BCUT2D eigenvalue weighted by molar-refractivity contribution is -0.155. The van der Waals surface area contributed by atoms with E-state index in [9.17, 15) is 13.8 Å². The van der Waals surface area contributed by atoms with Crippen molar-refractivity contribution in [2.75, 3.05) is 4.72 Å². The van der Waals surface area contributed by atoms with E-state index in [0.717, 1.165) is 12.4 Å². The molecule has 0 bridgehead atoms. The lowest BCUT2D eigenvalue weighted by atomic mass is 9.78. The molecule has 0 aliphatic heterocycles. The first-order chi connectivity index (χ1) is 16.1. The van der Waals surface area contributed by atoms with Crippen LogP contribution in [0.25, 0.3) is 0 Å². The van der Waals surface area contributed by atoms with Gasteiger partial charge in [0.05, 0.1) is 10.5 Å². The molecule has 2 N–H and O–H groups in total.